The van der Waals surface area contributed by atoms with Crippen molar-refractivity contribution in [3.8, 4) is 0 Å². The Kier molecular flexibility index (Phi) is 2.74. The van der Waals surface area contributed by atoms with Crippen molar-refractivity contribution in [2.24, 2.45) is 0 Å². The van der Waals surface area contributed by atoms with Crippen molar-refractivity contribution in [1.29, 1.82) is 0 Å². The summed E-state index contributed by atoms with van der Waals surface area (Å²) in [6.45, 7) is 0. The summed E-state index contributed by atoms with van der Waals surface area (Å²) in [6, 6.07) is 11.5. The molecule has 4 rings (SSSR count). The third-order valence-electron chi connectivity index (χ3n) is 4.50. The van der Waals surface area contributed by atoms with Gasteiger partial charge in [0.25, 0.3) is 0 Å². The van der Waals surface area contributed by atoms with Crippen LogP contribution in [0, 0.1) is 0 Å². The van der Waals surface area contributed by atoms with Crippen LogP contribution in [0.3, 0.4) is 0 Å². The van der Waals surface area contributed by atoms with E-state index in [1.807, 2.05) is 36.4 Å². The zero-order chi connectivity index (χ0) is 14.4. The van der Waals surface area contributed by atoms with E-state index < -0.39 is 5.92 Å². The number of benzene rings is 1. The summed E-state index contributed by atoms with van der Waals surface area (Å²) in [4.78, 5) is 29.7. The first kappa shape index (κ1) is 12.5. The SMILES string of the molecule is O=C1C2=C(CCCC2)C(=O)C1c1ccc2ccccc2n1. The van der Waals surface area contributed by atoms with Gasteiger partial charge < -0.3 is 0 Å². The Balaban J connectivity index is 1.79. The van der Waals surface area contributed by atoms with E-state index in [4.69, 9.17) is 0 Å². The zero-order valence-electron chi connectivity index (χ0n) is 11.6. The fraction of sp³-hybridized carbons (Fsp3) is 0.278. The molecule has 0 amide bonds. The summed E-state index contributed by atoms with van der Waals surface area (Å²) in [6.07, 6.45) is 3.53. The number of ketones is 2. The van der Waals surface area contributed by atoms with Crippen LogP contribution in [0.2, 0.25) is 0 Å². The second-order valence-electron chi connectivity index (χ2n) is 5.75. The minimum atomic E-state index is -0.697. The number of carbonyl (C=O) groups is 2. The van der Waals surface area contributed by atoms with Gasteiger partial charge in [-0.2, -0.15) is 0 Å². The Labute approximate surface area is 122 Å². The molecule has 0 aliphatic heterocycles. The Morgan fingerprint density at radius 1 is 0.857 bits per heavy atom. The molecule has 0 atom stereocenters. The fourth-order valence-corrected chi connectivity index (χ4v) is 3.43. The number of nitrogens with zero attached hydrogens (tertiary/aromatic N) is 1. The van der Waals surface area contributed by atoms with Crippen LogP contribution in [0.15, 0.2) is 47.5 Å². The van der Waals surface area contributed by atoms with Gasteiger partial charge in [0.05, 0.1) is 11.2 Å². The van der Waals surface area contributed by atoms with E-state index in [0.29, 0.717) is 5.69 Å². The second-order valence-corrected chi connectivity index (χ2v) is 5.75. The first-order valence-corrected chi connectivity index (χ1v) is 7.42. The minimum Gasteiger partial charge on any atom is -0.293 e. The molecule has 0 bridgehead atoms. The van der Waals surface area contributed by atoms with Crippen LogP contribution in [-0.4, -0.2) is 16.6 Å². The molecule has 1 aromatic carbocycles. The number of para-hydroxylation sites is 1. The maximum Gasteiger partial charge on any atom is 0.176 e. The van der Waals surface area contributed by atoms with Gasteiger partial charge in [0.15, 0.2) is 11.6 Å². The summed E-state index contributed by atoms with van der Waals surface area (Å²) in [5.74, 6) is -0.729. The third kappa shape index (κ3) is 1.84. The van der Waals surface area contributed by atoms with Crippen molar-refractivity contribution in [3.05, 3.63) is 53.2 Å². The van der Waals surface area contributed by atoms with Crippen molar-refractivity contribution in [2.75, 3.05) is 0 Å². The van der Waals surface area contributed by atoms with Crippen LogP contribution in [0.5, 0.6) is 0 Å². The van der Waals surface area contributed by atoms with Crippen LogP contribution in [0.25, 0.3) is 10.9 Å². The zero-order valence-corrected chi connectivity index (χ0v) is 11.6. The maximum atomic E-state index is 12.6. The average Bonchev–Trinajstić information content (AvgIpc) is 2.79. The molecule has 0 saturated heterocycles. The molecule has 0 saturated carbocycles. The third-order valence-corrected chi connectivity index (χ3v) is 4.50. The minimum absolute atomic E-state index is 0.0162. The van der Waals surface area contributed by atoms with Crippen LogP contribution < -0.4 is 0 Å². The van der Waals surface area contributed by atoms with Crippen molar-refractivity contribution >= 4 is 22.5 Å². The van der Waals surface area contributed by atoms with E-state index in [2.05, 4.69) is 4.98 Å². The Morgan fingerprint density at radius 3 is 2.24 bits per heavy atom. The second kappa shape index (κ2) is 4.62. The molecular weight excluding hydrogens is 262 g/mol. The molecule has 2 aliphatic carbocycles. The lowest BCUT2D eigenvalue weighted by Gasteiger charge is -2.10. The molecule has 0 N–H and O–H groups in total. The van der Waals surface area contributed by atoms with E-state index in [1.54, 1.807) is 0 Å². The Hall–Kier alpha value is -2.29. The van der Waals surface area contributed by atoms with Gasteiger partial charge in [-0.3, -0.25) is 14.6 Å². The number of carbonyl (C=O) groups excluding carboxylic acids is 2. The van der Waals surface area contributed by atoms with Crippen molar-refractivity contribution in [2.45, 2.75) is 31.6 Å². The van der Waals surface area contributed by atoms with E-state index in [1.165, 1.54) is 0 Å². The monoisotopic (exact) mass is 277 g/mol. The lowest BCUT2D eigenvalue weighted by Crippen LogP contribution is -2.16. The Bertz CT molecular complexity index is 776. The van der Waals surface area contributed by atoms with Crippen molar-refractivity contribution < 1.29 is 9.59 Å². The smallest absolute Gasteiger partial charge is 0.176 e. The highest BCUT2D eigenvalue weighted by atomic mass is 16.2. The average molecular weight is 277 g/mol. The Morgan fingerprint density at radius 2 is 1.52 bits per heavy atom. The molecule has 104 valence electrons. The van der Waals surface area contributed by atoms with Crippen molar-refractivity contribution in [3.63, 3.8) is 0 Å². The molecule has 0 fully saturated rings. The van der Waals surface area contributed by atoms with Gasteiger partial charge in [0.2, 0.25) is 0 Å². The summed E-state index contributed by atoms with van der Waals surface area (Å²) in [5, 5.41) is 1.02. The summed E-state index contributed by atoms with van der Waals surface area (Å²) in [5.41, 5.74) is 2.97. The highest BCUT2D eigenvalue weighted by Gasteiger charge is 2.42. The number of hydrogen-bond donors (Lipinski definition) is 0. The summed E-state index contributed by atoms with van der Waals surface area (Å²) >= 11 is 0. The molecule has 0 spiro atoms. The normalized spacial score (nSPS) is 19.4. The molecule has 0 radical (unpaired) electrons. The summed E-state index contributed by atoms with van der Waals surface area (Å²) in [7, 11) is 0. The molecular formula is C18H15NO2. The maximum absolute atomic E-state index is 12.6. The molecule has 3 heteroatoms. The van der Waals surface area contributed by atoms with E-state index in [9.17, 15) is 9.59 Å². The number of pyridine rings is 1. The first-order valence-electron chi connectivity index (χ1n) is 7.42. The molecule has 3 nitrogen and oxygen atoms in total. The lowest BCUT2D eigenvalue weighted by molar-refractivity contribution is -0.123. The van der Waals surface area contributed by atoms with Gasteiger partial charge in [0.1, 0.15) is 5.92 Å². The van der Waals surface area contributed by atoms with Crippen LogP contribution in [0.4, 0.5) is 0 Å². The van der Waals surface area contributed by atoms with E-state index in [-0.39, 0.29) is 11.6 Å². The van der Waals surface area contributed by atoms with Crippen LogP contribution in [-0.2, 0) is 9.59 Å². The molecule has 0 unspecified atom stereocenters. The van der Waals surface area contributed by atoms with E-state index >= 15 is 0 Å². The van der Waals surface area contributed by atoms with Gasteiger partial charge >= 0.3 is 0 Å². The highest BCUT2D eigenvalue weighted by Crippen LogP contribution is 2.39. The van der Waals surface area contributed by atoms with Gasteiger partial charge in [-0.05, 0) is 37.8 Å². The fourth-order valence-electron chi connectivity index (χ4n) is 3.43. The molecule has 21 heavy (non-hydrogen) atoms. The number of rotatable bonds is 1. The topological polar surface area (TPSA) is 47.0 Å². The first-order chi connectivity index (χ1) is 10.3. The largest absolute Gasteiger partial charge is 0.293 e. The van der Waals surface area contributed by atoms with Gasteiger partial charge in [-0.15, -0.1) is 0 Å². The number of fused-ring (bicyclic) bond motifs is 1. The van der Waals surface area contributed by atoms with Gasteiger partial charge in [0, 0.05) is 16.5 Å². The standard InChI is InChI=1S/C18H15NO2/c20-17-12-6-2-3-7-13(12)18(21)16(17)15-10-9-11-5-1-4-8-14(11)19-15/h1,4-5,8-10,16H,2-3,6-7H2. The van der Waals surface area contributed by atoms with Crippen molar-refractivity contribution in [1.82, 2.24) is 4.98 Å². The number of allylic oxidation sites excluding steroid dienone is 2. The lowest BCUT2D eigenvalue weighted by atomic mass is 9.93. The highest BCUT2D eigenvalue weighted by molar-refractivity contribution is 6.28. The predicted molar refractivity (Wildman–Crippen MR) is 80.0 cm³/mol. The molecule has 1 aromatic heterocycles. The van der Waals surface area contributed by atoms with Crippen LogP contribution >= 0.6 is 0 Å². The summed E-state index contributed by atoms with van der Waals surface area (Å²) < 4.78 is 0. The number of hydrogen-bond acceptors (Lipinski definition) is 3. The molecule has 1 heterocycles. The molecule has 2 aliphatic rings. The van der Waals surface area contributed by atoms with Crippen LogP contribution in [0.1, 0.15) is 37.3 Å². The van der Waals surface area contributed by atoms with Gasteiger partial charge in [-0.1, -0.05) is 24.3 Å². The number of aromatic nitrogens is 1. The number of Topliss-reactive ketones (excluding diaryl/α,β-unsaturated/α-hetero) is 2. The van der Waals surface area contributed by atoms with Gasteiger partial charge in [-0.25, -0.2) is 0 Å². The van der Waals surface area contributed by atoms with E-state index in [0.717, 1.165) is 47.7 Å². The quantitative estimate of drug-likeness (QED) is 0.751. The molecule has 2 aromatic rings. The predicted octanol–water partition coefficient (Wildman–Crippen LogP) is 3.34.